The molecule has 0 aliphatic carbocycles. The van der Waals surface area contributed by atoms with Crippen molar-refractivity contribution in [1.82, 2.24) is 4.98 Å². The summed E-state index contributed by atoms with van der Waals surface area (Å²) >= 11 is 0. The number of hydrogen-bond donors (Lipinski definition) is 2. The van der Waals surface area contributed by atoms with Crippen LogP contribution in [0.2, 0.25) is 0 Å². The minimum atomic E-state index is -2.98. The Bertz CT molecular complexity index is 453. The molecule has 15 heavy (non-hydrogen) atoms. The predicted octanol–water partition coefficient (Wildman–Crippen LogP) is 0.572. The minimum Gasteiger partial charge on any atom is -0.398 e. The van der Waals surface area contributed by atoms with Gasteiger partial charge in [0, 0.05) is 0 Å². The van der Waals surface area contributed by atoms with E-state index >= 15 is 0 Å². The van der Waals surface area contributed by atoms with Gasteiger partial charge in [-0.05, 0) is 6.07 Å². The number of pyridine rings is 1. The number of nitrogens with two attached hydrogens (primary N) is 2. The fourth-order valence-electron chi connectivity index (χ4n) is 0.991. The van der Waals surface area contributed by atoms with Gasteiger partial charge < -0.3 is 11.5 Å². The molecule has 5 nitrogen and oxygen atoms in total. The molecule has 0 aromatic carbocycles. The van der Waals surface area contributed by atoms with E-state index < -0.39 is 23.6 Å². The number of nitrogen functional groups attached to an aromatic ring is 1. The summed E-state index contributed by atoms with van der Waals surface area (Å²) in [7, 11) is 0. The summed E-state index contributed by atoms with van der Waals surface area (Å²) in [6.45, 7) is 0. The van der Waals surface area contributed by atoms with Gasteiger partial charge in [0.15, 0.2) is 0 Å². The maximum absolute atomic E-state index is 12.4. The lowest BCUT2D eigenvalue weighted by Crippen LogP contribution is -2.16. The zero-order valence-electron chi connectivity index (χ0n) is 7.37. The maximum Gasteiger partial charge on any atom is 0.281 e. The number of hydrogen-bond acceptors (Lipinski definition) is 4. The summed E-state index contributed by atoms with van der Waals surface area (Å²) in [6.07, 6.45) is -2.98. The molecule has 4 N–H and O–H groups in total. The first kappa shape index (κ1) is 10.8. The van der Waals surface area contributed by atoms with Crippen LogP contribution < -0.4 is 11.5 Å². The monoisotopic (exact) mass is 212 g/mol. The molecule has 1 rings (SSSR count). The van der Waals surface area contributed by atoms with Crippen LogP contribution in [0.15, 0.2) is 6.07 Å². The van der Waals surface area contributed by atoms with Crippen LogP contribution in [-0.2, 0) is 0 Å². The Morgan fingerprint density at radius 2 is 2.20 bits per heavy atom. The molecule has 0 saturated carbocycles. The smallest absolute Gasteiger partial charge is 0.281 e. The zero-order valence-corrected chi connectivity index (χ0v) is 7.37. The highest BCUT2D eigenvalue weighted by Crippen LogP contribution is 2.25. The largest absolute Gasteiger partial charge is 0.398 e. The molecule has 0 aliphatic heterocycles. The van der Waals surface area contributed by atoms with Crippen LogP contribution in [0.3, 0.4) is 0 Å². The molecule has 0 bridgehead atoms. The van der Waals surface area contributed by atoms with Gasteiger partial charge in [-0.3, -0.25) is 4.79 Å². The average Bonchev–Trinajstić information content (AvgIpc) is 2.16. The molecule has 1 aromatic rings. The van der Waals surface area contributed by atoms with Gasteiger partial charge in [-0.25, -0.2) is 13.8 Å². The normalized spacial score (nSPS) is 10.0. The van der Waals surface area contributed by atoms with Gasteiger partial charge in [0.05, 0.1) is 5.69 Å². The first-order valence-corrected chi connectivity index (χ1v) is 3.75. The molecule has 0 fully saturated rings. The van der Waals surface area contributed by atoms with E-state index in [1.54, 1.807) is 0 Å². The van der Waals surface area contributed by atoms with Gasteiger partial charge in [-0.15, -0.1) is 0 Å². The fraction of sp³-hybridized carbons (Fsp3) is 0.125. The second-order valence-electron chi connectivity index (χ2n) is 2.63. The maximum atomic E-state index is 12.4. The van der Waals surface area contributed by atoms with E-state index in [1.165, 1.54) is 6.07 Å². The van der Waals surface area contributed by atoms with Crippen molar-refractivity contribution in [2.45, 2.75) is 6.43 Å². The number of amides is 1. The standard InChI is InChI=1S/C8H6F2N4O/c9-7(10)6-3(2-11)4(12)1-5(14-6)8(13)15/h1,7H,(H2,12,14)(H2,13,15). The molecular formula is C8H6F2N4O. The molecule has 1 aromatic heterocycles. The SMILES string of the molecule is N#Cc1c(N)cc(C(N)=O)nc1C(F)F. The molecule has 0 saturated heterocycles. The molecule has 1 heterocycles. The Morgan fingerprint density at radius 3 is 2.60 bits per heavy atom. The van der Waals surface area contributed by atoms with Crippen molar-refractivity contribution in [3.8, 4) is 6.07 Å². The van der Waals surface area contributed by atoms with Crippen molar-refractivity contribution < 1.29 is 13.6 Å². The molecule has 0 spiro atoms. The molecule has 7 heteroatoms. The second-order valence-corrected chi connectivity index (χ2v) is 2.63. The first-order chi connectivity index (χ1) is 6.97. The van der Waals surface area contributed by atoms with Crippen LogP contribution in [0.5, 0.6) is 0 Å². The van der Waals surface area contributed by atoms with E-state index in [2.05, 4.69) is 4.98 Å². The number of carbonyl (C=O) groups excluding carboxylic acids is 1. The van der Waals surface area contributed by atoms with E-state index in [9.17, 15) is 13.6 Å². The topological polar surface area (TPSA) is 106 Å². The van der Waals surface area contributed by atoms with Gasteiger partial charge >= 0.3 is 0 Å². The van der Waals surface area contributed by atoms with E-state index in [0.717, 1.165) is 6.07 Å². The average molecular weight is 212 g/mol. The number of rotatable bonds is 2. The van der Waals surface area contributed by atoms with Gasteiger partial charge in [0.25, 0.3) is 12.3 Å². The molecular weight excluding hydrogens is 206 g/mol. The van der Waals surface area contributed by atoms with Crippen LogP contribution >= 0.6 is 0 Å². The third-order valence-corrected chi connectivity index (χ3v) is 1.65. The lowest BCUT2D eigenvalue weighted by molar-refractivity contribution is 0.0993. The highest BCUT2D eigenvalue weighted by molar-refractivity contribution is 5.92. The number of carbonyl (C=O) groups is 1. The van der Waals surface area contributed by atoms with E-state index in [4.69, 9.17) is 16.7 Å². The molecule has 0 atom stereocenters. The van der Waals surface area contributed by atoms with E-state index in [1.807, 2.05) is 0 Å². The van der Waals surface area contributed by atoms with Crippen molar-refractivity contribution in [1.29, 1.82) is 5.26 Å². The van der Waals surface area contributed by atoms with Gasteiger partial charge in [0.1, 0.15) is 23.0 Å². The molecule has 1 amide bonds. The zero-order chi connectivity index (χ0) is 11.6. The van der Waals surface area contributed by atoms with Crippen molar-refractivity contribution >= 4 is 11.6 Å². The summed E-state index contributed by atoms with van der Waals surface area (Å²) in [5.74, 6) is -0.979. The third-order valence-electron chi connectivity index (χ3n) is 1.65. The van der Waals surface area contributed by atoms with Gasteiger partial charge in [0.2, 0.25) is 0 Å². The third kappa shape index (κ3) is 1.99. The summed E-state index contributed by atoms with van der Waals surface area (Å²) in [5.41, 5.74) is 8.27. The lowest BCUT2D eigenvalue weighted by atomic mass is 10.1. The highest BCUT2D eigenvalue weighted by Gasteiger charge is 2.20. The van der Waals surface area contributed by atoms with Crippen molar-refractivity contribution in [3.05, 3.63) is 23.0 Å². The van der Waals surface area contributed by atoms with Gasteiger partial charge in [-0.1, -0.05) is 0 Å². The summed E-state index contributed by atoms with van der Waals surface area (Å²) in [4.78, 5) is 14.0. The lowest BCUT2D eigenvalue weighted by Gasteiger charge is -2.06. The minimum absolute atomic E-state index is 0.239. The van der Waals surface area contributed by atoms with Crippen molar-refractivity contribution in [2.75, 3.05) is 5.73 Å². The van der Waals surface area contributed by atoms with Crippen LogP contribution in [0.1, 0.15) is 28.2 Å². The number of anilines is 1. The number of nitriles is 1. The quantitative estimate of drug-likeness (QED) is 0.747. The van der Waals surface area contributed by atoms with Crippen molar-refractivity contribution in [2.24, 2.45) is 5.73 Å². The Labute approximate surface area is 83.3 Å². The molecule has 0 aliphatic rings. The van der Waals surface area contributed by atoms with Crippen molar-refractivity contribution in [3.63, 3.8) is 0 Å². The molecule has 0 unspecified atom stereocenters. The molecule has 78 valence electrons. The van der Waals surface area contributed by atoms with Crippen LogP contribution in [0.4, 0.5) is 14.5 Å². The second kappa shape index (κ2) is 3.88. The Hall–Kier alpha value is -2.23. The summed E-state index contributed by atoms with van der Waals surface area (Å²) in [6, 6.07) is 2.48. The van der Waals surface area contributed by atoms with Crippen LogP contribution in [-0.4, -0.2) is 10.9 Å². The van der Waals surface area contributed by atoms with E-state index in [-0.39, 0.29) is 11.4 Å². The number of aromatic nitrogens is 1. The van der Waals surface area contributed by atoms with Crippen LogP contribution in [0, 0.1) is 11.3 Å². The van der Waals surface area contributed by atoms with E-state index in [0.29, 0.717) is 0 Å². The number of nitrogens with zero attached hydrogens (tertiary/aromatic N) is 2. The van der Waals surface area contributed by atoms with Gasteiger partial charge in [-0.2, -0.15) is 5.26 Å². The molecule has 0 radical (unpaired) electrons. The first-order valence-electron chi connectivity index (χ1n) is 3.75. The summed E-state index contributed by atoms with van der Waals surface area (Å²) in [5, 5.41) is 8.56. The summed E-state index contributed by atoms with van der Waals surface area (Å²) < 4.78 is 24.8. The number of halogens is 2. The number of primary amides is 1. The predicted molar refractivity (Wildman–Crippen MR) is 46.8 cm³/mol. The van der Waals surface area contributed by atoms with Crippen LogP contribution in [0.25, 0.3) is 0 Å². The Morgan fingerprint density at radius 1 is 1.60 bits per heavy atom. The number of alkyl halides is 2. The Kier molecular flexibility index (Phi) is 2.80. The Balaban J connectivity index is 3.47. The fourth-order valence-corrected chi connectivity index (χ4v) is 0.991. The highest BCUT2D eigenvalue weighted by atomic mass is 19.3.